The molecule has 1 aromatic heterocycles. The molecule has 0 radical (unpaired) electrons. The van der Waals surface area contributed by atoms with Gasteiger partial charge in [-0.3, -0.25) is 0 Å². The highest BCUT2D eigenvalue weighted by Crippen LogP contribution is 2.49. The summed E-state index contributed by atoms with van der Waals surface area (Å²) in [4.78, 5) is 0. The van der Waals surface area contributed by atoms with Crippen LogP contribution in [0.2, 0.25) is 0 Å². The zero-order valence-corrected chi connectivity index (χ0v) is 29.5. The summed E-state index contributed by atoms with van der Waals surface area (Å²) in [5.74, 6) is 1.50. The predicted molar refractivity (Wildman–Crippen MR) is 198 cm³/mol. The molecule has 6 rings (SSSR count). The maximum Gasteiger partial charge on any atom is 0.186 e. The van der Waals surface area contributed by atoms with Crippen LogP contribution in [-0.2, 0) is 5.41 Å². The van der Waals surface area contributed by atoms with Gasteiger partial charge in [-0.15, -0.1) is 0 Å². The van der Waals surface area contributed by atoms with Gasteiger partial charge in [0, 0.05) is 21.6 Å². The molecule has 3 nitrogen and oxygen atoms in total. The number of para-hydroxylation sites is 2. The Hall–Kier alpha value is -4.50. The Labute approximate surface area is 281 Å². The van der Waals surface area contributed by atoms with E-state index in [1.807, 2.05) is 0 Å². The van der Waals surface area contributed by atoms with Gasteiger partial charge in [0.1, 0.15) is 17.7 Å². The molecule has 0 aliphatic carbocycles. The molecule has 0 spiro atoms. The molecule has 0 aliphatic rings. The molecule has 0 amide bonds. The van der Waals surface area contributed by atoms with E-state index in [2.05, 4.69) is 188 Å². The third kappa shape index (κ3) is 6.41. The van der Waals surface area contributed by atoms with Crippen molar-refractivity contribution in [3.63, 3.8) is 0 Å². The summed E-state index contributed by atoms with van der Waals surface area (Å²) in [6, 6.07) is 43.0. The highest BCUT2D eigenvalue weighted by molar-refractivity contribution is 6.12. The van der Waals surface area contributed by atoms with E-state index in [0.29, 0.717) is 0 Å². The summed E-state index contributed by atoms with van der Waals surface area (Å²) in [5.41, 5.74) is 6.40. The Balaban J connectivity index is 1.71. The van der Waals surface area contributed by atoms with E-state index in [0.717, 1.165) is 44.7 Å². The number of benzene rings is 5. The van der Waals surface area contributed by atoms with Gasteiger partial charge in [-0.25, -0.2) is 0 Å². The first-order valence-electron chi connectivity index (χ1n) is 16.8. The van der Waals surface area contributed by atoms with Crippen LogP contribution in [0.1, 0.15) is 91.2 Å². The van der Waals surface area contributed by atoms with Crippen LogP contribution in [0.5, 0.6) is 11.5 Å². The molecule has 47 heavy (non-hydrogen) atoms. The first kappa shape index (κ1) is 32.4. The molecule has 242 valence electrons. The molecule has 0 bridgehead atoms. The van der Waals surface area contributed by atoms with E-state index in [1.54, 1.807) is 0 Å². The summed E-state index contributed by atoms with van der Waals surface area (Å²) in [6.07, 6.45) is -0.432. The van der Waals surface area contributed by atoms with E-state index in [9.17, 15) is 0 Å². The van der Waals surface area contributed by atoms with Crippen molar-refractivity contribution in [3.8, 4) is 17.2 Å². The standard InChI is InChI=1S/C44H49NO2/c1-42(2,3)34-25-17-19-27-36(34)45-35-26-18-16-24-32(35)33-28-29-37(46-40(43(4,5)6)30-20-12-10-13-21-30)39(38(33)45)47-41(44(7,8)9)31-22-14-11-15-23-31/h10-29,40-41H,1-9H3. The van der Waals surface area contributed by atoms with Crippen molar-refractivity contribution in [1.82, 2.24) is 4.57 Å². The largest absolute Gasteiger partial charge is 0.481 e. The number of fused-ring (bicyclic) bond motifs is 3. The highest BCUT2D eigenvalue weighted by atomic mass is 16.5. The van der Waals surface area contributed by atoms with Gasteiger partial charge >= 0.3 is 0 Å². The molecule has 2 atom stereocenters. The zero-order valence-electron chi connectivity index (χ0n) is 29.5. The first-order valence-corrected chi connectivity index (χ1v) is 16.8. The summed E-state index contributed by atoms with van der Waals surface area (Å²) >= 11 is 0. The van der Waals surface area contributed by atoms with Crippen LogP contribution in [0, 0.1) is 10.8 Å². The molecule has 6 aromatic rings. The molecule has 0 fully saturated rings. The number of aromatic nitrogens is 1. The Morgan fingerprint density at radius 3 is 1.57 bits per heavy atom. The lowest BCUT2D eigenvalue weighted by atomic mass is 9.84. The van der Waals surface area contributed by atoms with E-state index < -0.39 is 0 Å². The SMILES string of the molecule is CC(C)(C)c1ccccc1-n1c2ccccc2c2ccc(OC(c3ccccc3)C(C)(C)C)c(OC(c3ccccc3)C(C)(C)C)c21. The molecule has 0 saturated heterocycles. The van der Waals surface area contributed by atoms with Crippen molar-refractivity contribution in [1.29, 1.82) is 0 Å². The third-order valence-electron chi connectivity index (χ3n) is 8.97. The predicted octanol–water partition coefficient (Wildman–Crippen LogP) is 12.4. The minimum atomic E-state index is -0.231. The fourth-order valence-electron chi connectivity index (χ4n) is 6.76. The molecule has 3 heteroatoms. The van der Waals surface area contributed by atoms with Gasteiger partial charge in [0.05, 0.1) is 11.2 Å². The van der Waals surface area contributed by atoms with Gasteiger partial charge in [0.2, 0.25) is 0 Å². The monoisotopic (exact) mass is 623 g/mol. The molecule has 0 N–H and O–H groups in total. The van der Waals surface area contributed by atoms with Crippen molar-refractivity contribution in [2.75, 3.05) is 0 Å². The average molecular weight is 624 g/mol. The topological polar surface area (TPSA) is 23.4 Å². The van der Waals surface area contributed by atoms with Crippen molar-refractivity contribution >= 4 is 21.8 Å². The van der Waals surface area contributed by atoms with E-state index >= 15 is 0 Å². The summed E-state index contributed by atoms with van der Waals surface area (Å²) < 4.78 is 17.0. The van der Waals surface area contributed by atoms with Crippen LogP contribution in [0.15, 0.2) is 121 Å². The van der Waals surface area contributed by atoms with Crippen molar-refractivity contribution in [2.45, 2.75) is 79.9 Å². The number of rotatable bonds is 7. The molecule has 0 aliphatic heterocycles. The van der Waals surface area contributed by atoms with Crippen LogP contribution in [-0.4, -0.2) is 4.57 Å². The molecular weight excluding hydrogens is 574 g/mol. The maximum absolute atomic E-state index is 7.43. The second kappa shape index (κ2) is 12.3. The summed E-state index contributed by atoms with van der Waals surface area (Å²) in [5, 5.41) is 2.32. The summed E-state index contributed by atoms with van der Waals surface area (Å²) in [7, 11) is 0. The van der Waals surface area contributed by atoms with Crippen molar-refractivity contribution in [3.05, 3.63) is 138 Å². The van der Waals surface area contributed by atoms with Crippen molar-refractivity contribution in [2.24, 2.45) is 10.8 Å². The van der Waals surface area contributed by atoms with Gasteiger partial charge in [-0.1, -0.05) is 159 Å². The fraction of sp³-hybridized carbons (Fsp3) is 0.318. The molecule has 1 heterocycles. The second-order valence-corrected chi connectivity index (χ2v) is 16.0. The normalized spacial score (nSPS) is 13.9. The van der Waals surface area contributed by atoms with Gasteiger partial charge in [-0.05, 0) is 46.4 Å². The maximum atomic E-state index is 7.43. The van der Waals surface area contributed by atoms with Gasteiger partial charge in [0.15, 0.2) is 11.5 Å². The minimum Gasteiger partial charge on any atom is -0.481 e. The molecular formula is C44H49NO2. The Morgan fingerprint density at radius 1 is 0.489 bits per heavy atom. The molecule has 5 aromatic carbocycles. The van der Waals surface area contributed by atoms with Crippen LogP contribution in [0.3, 0.4) is 0 Å². The lowest BCUT2D eigenvalue weighted by molar-refractivity contribution is 0.0620. The van der Waals surface area contributed by atoms with Crippen LogP contribution in [0.4, 0.5) is 0 Å². The summed E-state index contributed by atoms with van der Waals surface area (Å²) in [6.45, 7) is 20.3. The van der Waals surface area contributed by atoms with Crippen LogP contribution in [0.25, 0.3) is 27.5 Å². The van der Waals surface area contributed by atoms with E-state index in [1.165, 1.54) is 10.9 Å². The second-order valence-electron chi connectivity index (χ2n) is 16.0. The Bertz CT molecular complexity index is 1980. The third-order valence-corrected chi connectivity index (χ3v) is 8.97. The average Bonchev–Trinajstić information content (AvgIpc) is 3.36. The van der Waals surface area contributed by atoms with E-state index in [4.69, 9.17) is 9.47 Å². The Kier molecular flexibility index (Phi) is 8.47. The smallest absolute Gasteiger partial charge is 0.186 e. The van der Waals surface area contributed by atoms with E-state index in [-0.39, 0.29) is 28.5 Å². The highest BCUT2D eigenvalue weighted by Gasteiger charge is 2.34. The number of nitrogens with zero attached hydrogens (tertiary/aromatic N) is 1. The lowest BCUT2D eigenvalue weighted by Crippen LogP contribution is -2.26. The van der Waals surface area contributed by atoms with Crippen LogP contribution >= 0.6 is 0 Å². The Morgan fingerprint density at radius 2 is 1.00 bits per heavy atom. The van der Waals surface area contributed by atoms with Crippen LogP contribution < -0.4 is 9.47 Å². The fourth-order valence-corrected chi connectivity index (χ4v) is 6.76. The van der Waals surface area contributed by atoms with Gasteiger partial charge < -0.3 is 14.0 Å². The first-order chi connectivity index (χ1) is 22.2. The zero-order chi connectivity index (χ0) is 33.6. The quantitative estimate of drug-likeness (QED) is 0.177. The van der Waals surface area contributed by atoms with Gasteiger partial charge in [-0.2, -0.15) is 0 Å². The van der Waals surface area contributed by atoms with Crippen molar-refractivity contribution < 1.29 is 9.47 Å². The number of ether oxygens (including phenoxy) is 2. The van der Waals surface area contributed by atoms with Gasteiger partial charge in [0.25, 0.3) is 0 Å². The molecule has 0 saturated carbocycles. The molecule has 2 unspecified atom stereocenters. The number of hydrogen-bond acceptors (Lipinski definition) is 2. The number of hydrogen-bond donors (Lipinski definition) is 0. The minimum absolute atomic E-state index is 0.0773. The lowest BCUT2D eigenvalue weighted by Gasteiger charge is -2.35.